The monoisotopic (exact) mass is 402 g/mol. The lowest BCUT2D eigenvalue weighted by Gasteiger charge is -2.09. The smallest absolute Gasteiger partial charge is 0.319 e. The van der Waals surface area contributed by atoms with Gasteiger partial charge in [-0.2, -0.15) is 5.26 Å². The number of nitrogens with zero attached hydrogens (tertiary/aromatic N) is 2. The summed E-state index contributed by atoms with van der Waals surface area (Å²) in [5.41, 5.74) is 2.87. The van der Waals surface area contributed by atoms with Crippen molar-refractivity contribution < 1.29 is 14.3 Å². The first-order valence-electron chi connectivity index (χ1n) is 7.86. The van der Waals surface area contributed by atoms with E-state index in [-0.39, 0.29) is 10.8 Å². The van der Waals surface area contributed by atoms with Crippen LogP contribution in [0.3, 0.4) is 0 Å². The van der Waals surface area contributed by atoms with Crippen molar-refractivity contribution in [1.29, 1.82) is 5.26 Å². The van der Waals surface area contributed by atoms with Gasteiger partial charge in [-0.3, -0.25) is 9.78 Å². The van der Waals surface area contributed by atoms with Crippen molar-refractivity contribution in [2.24, 2.45) is 0 Å². The Labute approximate surface area is 155 Å². The van der Waals surface area contributed by atoms with Crippen LogP contribution in [-0.2, 0) is 28.8 Å². The molecule has 1 aromatic heterocycles. The van der Waals surface area contributed by atoms with Gasteiger partial charge < -0.3 is 9.47 Å². The molecular weight excluding hydrogens is 384 g/mol. The van der Waals surface area contributed by atoms with Crippen molar-refractivity contribution in [2.75, 3.05) is 13.7 Å². The molecule has 5 nitrogen and oxygen atoms in total. The molecule has 0 bridgehead atoms. The summed E-state index contributed by atoms with van der Waals surface area (Å²) in [4.78, 5) is 15.4. The number of hydrogen-bond acceptors (Lipinski definition) is 5. The van der Waals surface area contributed by atoms with Crippen LogP contribution < -0.4 is 4.74 Å². The van der Waals surface area contributed by atoms with E-state index in [9.17, 15) is 4.79 Å². The third kappa shape index (κ3) is 6.20. The minimum absolute atomic E-state index is 0.284. The Morgan fingerprint density at radius 3 is 2.56 bits per heavy atom. The zero-order valence-corrected chi connectivity index (χ0v) is 15.5. The highest BCUT2D eigenvalue weighted by molar-refractivity contribution is 9.10. The van der Waals surface area contributed by atoms with Crippen LogP contribution in [0.1, 0.15) is 16.8 Å². The van der Waals surface area contributed by atoms with Gasteiger partial charge in [-0.1, -0.05) is 34.1 Å². The largest absolute Gasteiger partial charge is 0.493 e. The maximum absolute atomic E-state index is 11.4. The fraction of sp³-hybridized carbons (Fsp3) is 0.316. The van der Waals surface area contributed by atoms with Gasteiger partial charge in [0, 0.05) is 18.3 Å². The van der Waals surface area contributed by atoms with Gasteiger partial charge in [-0.25, -0.2) is 0 Å². The molecule has 130 valence electrons. The number of pyridine rings is 1. The number of aromatic nitrogens is 1. The SMILES string of the molecule is COC(=O)C(Br)Cc1ccc(OCCc2ccc(CC#N)cn2)cc1. The van der Waals surface area contributed by atoms with Crippen LogP contribution in [0.5, 0.6) is 5.75 Å². The average molecular weight is 403 g/mol. The minimum Gasteiger partial charge on any atom is -0.493 e. The summed E-state index contributed by atoms with van der Waals surface area (Å²) in [6.45, 7) is 0.521. The molecule has 1 heterocycles. The number of methoxy groups -OCH3 is 1. The second-order valence-corrected chi connectivity index (χ2v) is 6.54. The number of alkyl halides is 1. The molecule has 2 rings (SSSR count). The van der Waals surface area contributed by atoms with Crippen molar-refractivity contribution in [1.82, 2.24) is 4.98 Å². The third-order valence-corrected chi connectivity index (χ3v) is 4.29. The summed E-state index contributed by atoms with van der Waals surface area (Å²) in [7, 11) is 1.37. The number of carbonyl (C=O) groups is 1. The molecule has 1 aromatic carbocycles. The quantitative estimate of drug-likeness (QED) is 0.500. The second kappa shape index (κ2) is 9.80. The molecule has 0 amide bonds. The van der Waals surface area contributed by atoms with E-state index < -0.39 is 0 Å². The van der Waals surface area contributed by atoms with Crippen LogP contribution in [0.15, 0.2) is 42.6 Å². The lowest BCUT2D eigenvalue weighted by molar-refractivity contribution is -0.139. The first kappa shape index (κ1) is 18.9. The molecular formula is C19H19BrN2O3. The standard InChI is InChI=1S/C19H19BrN2O3/c1-24-19(23)18(20)12-14-3-6-17(7-4-14)25-11-9-16-5-2-15(8-10-21)13-22-16/h2-7,13,18H,8-9,11-12H2,1H3. The molecule has 0 aliphatic heterocycles. The molecule has 0 radical (unpaired) electrons. The van der Waals surface area contributed by atoms with E-state index in [1.807, 2.05) is 36.4 Å². The maximum Gasteiger partial charge on any atom is 0.319 e. The molecule has 0 N–H and O–H groups in total. The first-order valence-corrected chi connectivity index (χ1v) is 8.78. The Bertz CT molecular complexity index is 724. The lowest BCUT2D eigenvalue weighted by Crippen LogP contribution is -2.17. The van der Waals surface area contributed by atoms with Crippen LogP contribution in [0.25, 0.3) is 0 Å². The molecule has 0 saturated carbocycles. The second-order valence-electron chi connectivity index (χ2n) is 5.43. The number of benzene rings is 1. The average Bonchev–Trinajstić information content (AvgIpc) is 2.64. The highest BCUT2D eigenvalue weighted by Crippen LogP contribution is 2.16. The summed E-state index contributed by atoms with van der Waals surface area (Å²) in [6.07, 6.45) is 3.36. The van der Waals surface area contributed by atoms with Gasteiger partial charge in [0.2, 0.25) is 0 Å². The molecule has 25 heavy (non-hydrogen) atoms. The van der Waals surface area contributed by atoms with Crippen molar-refractivity contribution in [2.45, 2.75) is 24.1 Å². The van der Waals surface area contributed by atoms with Crippen LogP contribution in [0, 0.1) is 11.3 Å². The number of rotatable bonds is 8. The van der Waals surface area contributed by atoms with Gasteiger partial charge in [0.05, 0.1) is 26.2 Å². The minimum atomic E-state index is -0.348. The van der Waals surface area contributed by atoms with Gasteiger partial charge in [-0.05, 0) is 35.7 Å². The van der Waals surface area contributed by atoms with Crippen molar-refractivity contribution >= 4 is 21.9 Å². The predicted molar refractivity (Wildman–Crippen MR) is 97.6 cm³/mol. The van der Waals surface area contributed by atoms with E-state index in [4.69, 9.17) is 14.7 Å². The van der Waals surface area contributed by atoms with E-state index in [1.165, 1.54) is 7.11 Å². The highest BCUT2D eigenvalue weighted by Gasteiger charge is 2.15. The Kier molecular flexibility index (Phi) is 7.42. The number of esters is 1. The van der Waals surface area contributed by atoms with E-state index in [0.717, 1.165) is 22.6 Å². The molecule has 0 aliphatic carbocycles. The highest BCUT2D eigenvalue weighted by atomic mass is 79.9. The Balaban J connectivity index is 1.79. The molecule has 6 heteroatoms. The van der Waals surface area contributed by atoms with Crippen molar-refractivity contribution in [3.63, 3.8) is 0 Å². The molecule has 0 spiro atoms. The summed E-state index contributed by atoms with van der Waals surface area (Å²) in [6, 6.07) is 13.6. The number of carbonyl (C=O) groups excluding carboxylic acids is 1. The summed E-state index contributed by atoms with van der Waals surface area (Å²) >= 11 is 3.31. The number of ether oxygens (including phenoxy) is 2. The number of nitriles is 1. The summed E-state index contributed by atoms with van der Waals surface area (Å²) in [5.74, 6) is 0.489. The van der Waals surface area contributed by atoms with Crippen LogP contribution in [0.2, 0.25) is 0 Å². The van der Waals surface area contributed by atoms with Crippen LogP contribution in [-0.4, -0.2) is 29.5 Å². The van der Waals surface area contributed by atoms with Gasteiger partial charge in [0.1, 0.15) is 10.6 Å². The van der Waals surface area contributed by atoms with E-state index in [1.54, 1.807) is 6.20 Å². The Morgan fingerprint density at radius 2 is 1.96 bits per heavy atom. The molecule has 2 aromatic rings. The fourth-order valence-electron chi connectivity index (χ4n) is 2.21. The zero-order valence-electron chi connectivity index (χ0n) is 13.9. The molecule has 1 atom stereocenters. The Hall–Kier alpha value is -2.39. The molecule has 0 aliphatic rings. The molecule has 0 fully saturated rings. The zero-order chi connectivity index (χ0) is 18.1. The van der Waals surface area contributed by atoms with Gasteiger partial charge >= 0.3 is 5.97 Å². The van der Waals surface area contributed by atoms with Gasteiger partial charge in [0.25, 0.3) is 0 Å². The lowest BCUT2D eigenvalue weighted by atomic mass is 10.1. The van der Waals surface area contributed by atoms with Crippen molar-refractivity contribution in [3.05, 3.63) is 59.4 Å². The fourth-order valence-corrected chi connectivity index (χ4v) is 2.77. The first-order chi connectivity index (χ1) is 12.1. The van der Waals surface area contributed by atoms with E-state index in [2.05, 4.69) is 27.0 Å². The van der Waals surface area contributed by atoms with Crippen LogP contribution >= 0.6 is 15.9 Å². The number of halogens is 1. The third-order valence-electron chi connectivity index (χ3n) is 3.59. The van der Waals surface area contributed by atoms with Crippen molar-refractivity contribution in [3.8, 4) is 11.8 Å². The maximum atomic E-state index is 11.4. The van der Waals surface area contributed by atoms with Gasteiger partial charge in [-0.15, -0.1) is 0 Å². The topological polar surface area (TPSA) is 72.2 Å². The molecule has 1 unspecified atom stereocenters. The summed E-state index contributed by atoms with van der Waals surface area (Å²) in [5, 5.41) is 8.64. The predicted octanol–water partition coefficient (Wildman–Crippen LogP) is 3.25. The normalized spacial score (nSPS) is 11.4. The summed E-state index contributed by atoms with van der Waals surface area (Å²) < 4.78 is 10.4. The van der Waals surface area contributed by atoms with Gasteiger partial charge in [0.15, 0.2) is 0 Å². The Morgan fingerprint density at radius 1 is 1.24 bits per heavy atom. The number of hydrogen-bond donors (Lipinski definition) is 0. The van der Waals surface area contributed by atoms with E-state index in [0.29, 0.717) is 25.9 Å². The van der Waals surface area contributed by atoms with E-state index >= 15 is 0 Å². The molecule has 0 saturated heterocycles. The van der Waals surface area contributed by atoms with Crippen LogP contribution in [0.4, 0.5) is 0 Å².